The normalized spacial score (nSPS) is 48.4. The fourth-order valence-electron chi connectivity index (χ4n) is 6.96. The van der Waals surface area contributed by atoms with E-state index in [1.165, 1.54) is 0 Å². The Labute approximate surface area is 149 Å². The van der Waals surface area contributed by atoms with E-state index in [9.17, 15) is 19.8 Å². The van der Waals surface area contributed by atoms with Crippen LogP contribution in [0.15, 0.2) is 23.8 Å². The maximum absolute atomic E-state index is 12.3. The van der Waals surface area contributed by atoms with Crippen molar-refractivity contribution in [3.05, 3.63) is 23.8 Å². The molecule has 25 heavy (non-hydrogen) atoms. The molecule has 3 saturated carbocycles. The lowest BCUT2D eigenvalue weighted by Gasteiger charge is -2.58. The molecule has 4 aliphatic rings. The average molecular weight is 344 g/mol. The highest BCUT2D eigenvalue weighted by Crippen LogP contribution is 2.65. The predicted octanol–water partition coefficient (Wildman–Crippen LogP) is 2.44. The van der Waals surface area contributed by atoms with Crippen molar-refractivity contribution in [3.63, 3.8) is 0 Å². The van der Waals surface area contributed by atoms with Gasteiger partial charge in [0.25, 0.3) is 0 Å². The van der Waals surface area contributed by atoms with Crippen molar-refractivity contribution < 1.29 is 19.8 Å². The quantitative estimate of drug-likeness (QED) is 0.807. The highest BCUT2D eigenvalue weighted by Gasteiger charge is 2.62. The van der Waals surface area contributed by atoms with Gasteiger partial charge in [0.15, 0.2) is 11.6 Å². The van der Waals surface area contributed by atoms with Crippen LogP contribution in [0.4, 0.5) is 0 Å². The molecule has 0 heterocycles. The lowest BCUT2D eigenvalue weighted by atomic mass is 9.46. The molecule has 4 nitrogen and oxygen atoms in total. The number of carbonyl (C=O) groups is 2. The molecule has 0 aromatic heterocycles. The first kappa shape index (κ1) is 17.2. The lowest BCUT2D eigenvalue weighted by Crippen LogP contribution is -2.56. The highest BCUT2D eigenvalue weighted by molar-refractivity contribution is 6.01. The van der Waals surface area contributed by atoms with Crippen molar-refractivity contribution in [1.82, 2.24) is 0 Å². The summed E-state index contributed by atoms with van der Waals surface area (Å²) in [6.07, 6.45) is 9.25. The number of carbonyl (C=O) groups excluding carboxylic acids is 2. The summed E-state index contributed by atoms with van der Waals surface area (Å²) >= 11 is 0. The van der Waals surface area contributed by atoms with Crippen LogP contribution in [-0.4, -0.2) is 34.5 Å². The van der Waals surface area contributed by atoms with E-state index >= 15 is 0 Å². The van der Waals surface area contributed by atoms with Gasteiger partial charge in [-0.1, -0.05) is 25.5 Å². The Morgan fingerprint density at radius 3 is 2.76 bits per heavy atom. The van der Waals surface area contributed by atoms with Gasteiger partial charge in [-0.3, -0.25) is 9.59 Å². The number of ketones is 2. The summed E-state index contributed by atoms with van der Waals surface area (Å²) < 4.78 is 0. The van der Waals surface area contributed by atoms with Crippen LogP contribution in [0.2, 0.25) is 0 Å². The number of aliphatic hydroxyl groups is 2. The van der Waals surface area contributed by atoms with Crippen LogP contribution in [0, 0.1) is 34.5 Å². The molecule has 4 rings (SSSR count). The lowest BCUT2D eigenvalue weighted by molar-refractivity contribution is -0.141. The van der Waals surface area contributed by atoms with Crippen molar-refractivity contribution in [2.45, 2.75) is 52.1 Å². The first-order valence-electron chi connectivity index (χ1n) is 9.57. The second kappa shape index (κ2) is 5.62. The molecule has 0 saturated heterocycles. The van der Waals surface area contributed by atoms with Gasteiger partial charge in [-0.25, -0.2) is 0 Å². The molecule has 0 bridgehead atoms. The maximum Gasteiger partial charge on any atom is 0.178 e. The van der Waals surface area contributed by atoms with Crippen LogP contribution in [0.3, 0.4) is 0 Å². The van der Waals surface area contributed by atoms with Gasteiger partial charge in [-0.2, -0.15) is 0 Å². The molecule has 0 spiro atoms. The maximum atomic E-state index is 12.3. The fraction of sp³-hybridized carbons (Fsp3) is 0.714. The van der Waals surface area contributed by atoms with Crippen molar-refractivity contribution >= 4 is 11.6 Å². The van der Waals surface area contributed by atoms with Gasteiger partial charge in [-0.15, -0.1) is 0 Å². The largest absolute Gasteiger partial charge is 0.393 e. The second-order valence-electron chi connectivity index (χ2n) is 9.05. The third-order valence-electron chi connectivity index (χ3n) is 8.04. The zero-order chi connectivity index (χ0) is 18.0. The number of Topliss-reactive ketones (excluding diaryl/α,β-unsaturated/α-hetero) is 1. The van der Waals surface area contributed by atoms with Gasteiger partial charge in [0, 0.05) is 17.3 Å². The second-order valence-corrected chi connectivity index (χ2v) is 9.05. The van der Waals surface area contributed by atoms with Crippen molar-refractivity contribution in [2.75, 3.05) is 6.61 Å². The first-order valence-corrected chi connectivity index (χ1v) is 9.57. The van der Waals surface area contributed by atoms with Crippen molar-refractivity contribution in [2.24, 2.45) is 34.5 Å². The van der Waals surface area contributed by atoms with Crippen molar-refractivity contribution in [3.8, 4) is 0 Å². The SMILES string of the molecule is CC12C=CC(=O)C=C1CCC1[C@@H]2C(O)CC2(C)[C@@H](C(=O)CO)CC[C@@H]12. The Morgan fingerprint density at radius 2 is 2.04 bits per heavy atom. The summed E-state index contributed by atoms with van der Waals surface area (Å²) in [5.74, 6) is 0.734. The van der Waals surface area contributed by atoms with Gasteiger partial charge >= 0.3 is 0 Å². The van der Waals surface area contributed by atoms with E-state index in [0.29, 0.717) is 18.3 Å². The third kappa shape index (κ3) is 2.26. The minimum absolute atomic E-state index is 0.0514. The number of hydrogen-bond donors (Lipinski definition) is 2. The van der Waals surface area contributed by atoms with E-state index in [0.717, 1.165) is 31.3 Å². The summed E-state index contributed by atoms with van der Waals surface area (Å²) in [6.45, 7) is 3.92. The highest BCUT2D eigenvalue weighted by atomic mass is 16.3. The zero-order valence-electron chi connectivity index (χ0n) is 15.1. The molecule has 2 N–H and O–H groups in total. The molecule has 4 heteroatoms. The summed E-state index contributed by atoms with van der Waals surface area (Å²) in [4.78, 5) is 24.1. The smallest absolute Gasteiger partial charge is 0.178 e. The third-order valence-corrected chi connectivity index (χ3v) is 8.04. The van der Waals surface area contributed by atoms with Crippen LogP contribution in [-0.2, 0) is 9.59 Å². The van der Waals surface area contributed by atoms with Gasteiger partial charge in [-0.05, 0) is 61.5 Å². The Balaban J connectivity index is 1.71. The van der Waals surface area contributed by atoms with Gasteiger partial charge in [0.2, 0.25) is 0 Å². The van der Waals surface area contributed by atoms with Gasteiger partial charge < -0.3 is 10.2 Å². The molecule has 7 atom stereocenters. The molecule has 4 aliphatic carbocycles. The van der Waals surface area contributed by atoms with Crippen LogP contribution < -0.4 is 0 Å². The van der Waals surface area contributed by atoms with Gasteiger partial charge in [0.05, 0.1) is 6.10 Å². The Morgan fingerprint density at radius 1 is 1.28 bits per heavy atom. The first-order chi connectivity index (χ1) is 11.8. The van der Waals surface area contributed by atoms with Crippen LogP contribution >= 0.6 is 0 Å². The van der Waals surface area contributed by atoms with E-state index in [-0.39, 0.29) is 34.2 Å². The summed E-state index contributed by atoms with van der Waals surface area (Å²) in [5, 5.41) is 20.5. The number of allylic oxidation sites excluding steroid dienone is 4. The Hall–Kier alpha value is -1.26. The Bertz CT molecular complexity index is 677. The average Bonchev–Trinajstić information content (AvgIpc) is 2.91. The number of fused-ring (bicyclic) bond motifs is 5. The molecule has 0 aromatic carbocycles. The topological polar surface area (TPSA) is 74.6 Å². The molecule has 3 fully saturated rings. The molecule has 0 aliphatic heterocycles. The number of aliphatic hydroxyl groups excluding tert-OH is 2. The molecule has 136 valence electrons. The Kier molecular flexibility index (Phi) is 3.86. The minimum Gasteiger partial charge on any atom is -0.393 e. The summed E-state index contributed by atoms with van der Waals surface area (Å²) in [7, 11) is 0. The van der Waals surface area contributed by atoms with Crippen molar-refractivity contribution in [1.29, 1.82) is 0 Å². The number of hydrogen-bond acceptors (Lipinski definition) is 4. The van der Waals surface area contributed by atoms with E-state index < -0.39 is 12.7 Å². The molecular weight excluding hydrogens is 316 g/mol. The van der Waals surface area contributed by atoms with Crippen LogP contribution in [0.25, 0.3) is 0 Å². The van der Waals surface area contributed by atoms with Gasteiger partial charge in [0.1, 0.15) is 6.61 Å². The minimum atomic E-state index is -0.482. The zero-order valence-corrected chi connectivity index (χ0v) is 15.1. The van der Waals surface area contributed by atoms with E-state index in [1.54, 1.807) is 12.2 Å². The molecular formula is C21H28O4. The van der Waals surface area contributed by atoms with E-state index in [1.807, 2.05) is 6.08 Å². The standard InChI is InChI=1S/C21H28O4/c1-20-8-7-13(23)9-12(20)3-4-14-15-5-6-16(18(25)11-22)21(15,2)10-17(24)19(14)20/h7-9,14-17,19,22,24H,3-6,10-11H2,1-2H3/t14?,15-,16+,17?,19+,20?,21?/m0/s1. The molecule has 0 radical (unpaired) electrons. The fourth-order valence-corrected chi connectivity index (χ4v) is 6.96. The summed E-state index contributed by atoms with van der Waals surface area (Å²) in [5.41, 5.74) is 0.688. The van der Waals surface area contributed by atoms with E-state index in [2.05, 4.69) is 13.8 Å². The molecule has 4 unspecified atom stereocenters. The van der Waals surface area contributed by atoms with Crippen LogP contribution in [0.1, 0.15) is 46.0 Å². The monoisotopic (exact) mass is 344 g/mol. The number of rotatable bonds is 2. The molecule has 0 aromatic rings. The van der Waals surface area contributed by atoms with E-state index in [4.69, 9.17) is 0 Å². The molecule has 0 amide bonds. The predicted molar refractivity (Wildman–Crippen MR) is 93.6 cm³/mol. The van der Waals surface area contributed by atoms with Crippen LogP contribution in [0.5, 0.6) is 0 Å². The summed E-state index contributed by atoms with van der Waals surface area (Å²) in [6, 6.07) is 0.